The summed E-state index contributed by atoms with van der Waals surface area (Å²) < 4.78 is 0. The molecule has 0 saturated carbocycles. The van der Waals surface area contributed by atoms with Crippen LogP contribution >= 0.6 is 0 Å². The minimum atomic E-state index is 0.0262. The van der Waals surface area contributed by atoms with Gasteiger partial charge in [0.25, 0.3) is 0 Å². The number of hydrazine groups is 1. The Morgan fingerprint density at radius 1 is 1.32 bits per heavy atom. The van der Waals surface area contributed by atoms with Gasteiger partial charge in [0.1, 0.15) is 18.0 Å². The first-order valence-electron chi connectivity index (χ1n) is 6.53. The van der Waals surface area contributed by atoms with Crippen molar-refractivity contribution < 1.29 is 4.79 Å². The molecule has 1 amide bonds. The number of rotatable bonds is 8. The number of nitrogens with one attached hydrogen (secondary N) is 3. The average molecular weight is 266 g/mol. The summed E-state index contributed by atoms with van der Waals surface area (Å²) in [6.45, 7) is 5.15. The molecule has 0 spiro atoms. The van der Waals surface area contributed by atoms with Crippen LogP contribution in [0.3, 0.4) is 0 Å². The summed E-state index contributed by atoms with van der Waals surface area (Å²) in [7, 11) is 0. The first-order chi connectivity index (χ1) is 9.22. The Morgan fingerprint density at radius 3 is 2.68 bits per heavy atom. The molecule has 0 radical (unpaired) electrons. The highest BCUT2D eigenvalue weighted by Crippen LogP contribution is 2.20. The summed E-state index contributed by atoms with van der Waals surface area (Å²) in [4.78, 5) is 19.6. The number of amides is 1. The van der Waals surface area contributed by atoms with E-state index in [1.165, 1.54) is 6.33 Å². The molecule has 0 aromatic carbocycles. The Kier molecular flexibility index (Phi) is 6.59. The minimum absolute atomic E-state index is 0.0262. The van der Waals surface area contributed by atoms with Gasteiger partial charge in [-0.25, -0.2) is 15.8 Å². The molecule has 106 valence electrons. The predicted molar refractivity (Wildman–Crippen MR) is 75.6 cm³/mol. The molecule has 1 rings (SSSR count). The first-order valence-corrected chi connectivity index (χ1v) is 6.53. The van der Waals surface area contributed by atoms with Crippen molar-refractivity contribution in [3.63, 3.8) is 0 Å². The monoisotopic (exact) mass is 266 g/mol. The fourth-order valence-corrected chi connectivity index (χ4v) is 1.76. The van der Waals surface area contributed by atoms with Gasteiger partial charge in [0, 0.05) is 25.1 Å². The molecular weight excluding hydrogens is 244 g/mol. The van der Waals surface area contributed by atoms with Crippen LogP contribution < -0.4 is 21.9 Å². The highest BCUT2D eigenvalue weighted by Gasteiger charge is 2.10. The van der Waals surface area contributed by atoms with Crippen LogP contribution in [0.1, 0.15) is 32.3 Å². The molecule has 1 aromatic heterocycles. The third-order valence-corrected chi connectivity index (χ3v) is 2.60. The molecule has 0 unspecified atom stereocenters. The van der Waals surface area contributed by atoms with Gasteiger partial charge in [-0.1, -0.05) is 13.3 Å². The first kappa shape index (κ1) is 15.2. The fraction of sp³-hybridized carbons (Fsp3) is 0.583. The molecule has 0 aliphatic heterocycles. The average Bonchev–Trinajstić information content (AvgIpc) is 2.41. The van der Waals surface area contributed by atoms with E-state index in [9.17, 15) is 4.79 Å². The van der Waals surface area contributed by atoms with Crippen LogP contribution in [0, 0.1) is 0 Å². The molecule has 0 bridgehead atoms. The zero-order valence-corrected chi connectivity index (χ0v) is 11.5. The van der Waals surface area contributed by atoms with E-state index in [0.29, 0.717) is 25.3 Å². The van der Waals surface area contributed by atoms with E-state index in [1.807, 2.05) is 6.92 Å². The maximum atomic E-state index is 11.4. The molecule has 0 aliphatic carbocycles. The summed E-state index contributed by atoms with van der Waals surface area (Å²) >= 11 is 0. The van der Waals surface area contributed by atoms with E-state index < -0.39 is 0 Å². The van der Waals surface area contributed by atoms with Gasteiger partial charge in [0.15, 0.2) is 0 Å². The highest BCUT2D eigenvalue weighted by molar-refractivity contribution is 5.76. The molecular formula is C12H22N6O. The Bertz CT molecular complexity index is 409. The number of hydrogen-bond acceptors (Lipinski definition) is 6. The molecule has 7 heteroatoms. The molecule has 7 nitrogen and oxygen atoms in total. The number of carbonyl (C=O) groups excluding carboxylic acids is 1. The van der Waals surface area contributed by atoms with Crippen molar-refractivity contribution in [1.29, 1.82) is 0 Å². The van der Waals surface area contributed by atoms with Crippen molar-refractivity contribution in [2.75, 3.05) is 23.8 Å². The van der Waals surface area contributed by atoms with Crippen LogP contribution in [0.2, 0.25) is 0 Å². The van der Waals surface area contributed by atoms with Crippen molar-refractivity contribution in [1.82, 2.24) is 15.3 Å². The van der Waals surface area contributed by atoms with Gasteiger partial charge >= 0.3 is 0 Å². The number of nitrogen functional groups attached to an aromatic ring is 1. The third-order valence-electron chi connectivity index (χ3n) is 2.60. The summed E-state index contributed by atoms with van der Waals surface area (Å²) in [6.07, 6.45) is 3.65. The van der Waals surface area contributed by atoms with E-state index in [2.05, 4.69) is 33.0 Å². The van der Waals surface area contributed by atoms with Gasteiger partial charge in [-0.05, 0) is 13.3 Å². The second kappa shape index (κ2) is 8.25. The molecule has 1 aromatic rings. The zero-order valence-electron chi connectivity index (χ0n) is 11.5. The molecule has 0 fully saturated rings. The second-order valence-corrected chi connectivity index (χ2v) is 4.07. The van der Waals surface area contributed by atoms with Crippen LogP contribution in [0.15, 0.2) is 6.33 Å². The Labute approximate surface area is 113 Å². The molecule has 0 aliphatic rings. The van der Waals surface area contributed by atoms with Crippen molar-refractivity contribution in [3.05, 3.63) is 11.9 Å². The van der Waals surface area contributed by atoms with E-state index in [1.54, 1.807) is 0 Å². The van der Waals surface area contributed by atoms with E-state index in [0.717, 1.165) is 24.2 Å². The minimum Gasteiger partial charge on any atom is -0.369 e. The summed E-state index contributed by atoms with van der Waals surface area (Å²) in [5.74, 6) is 6.81. The smallest absolute Gasteiger partial charge is 0.221 e. The van der Waals surface area contributed by atoms with Gasteiger partial charge < -0.3 is 16.1 Å². The number of nitrogens with two attached hydrogens (primary N) is 1. The Balaban J connectivity index is 2.64. The van der Waals surface area contributed by atoms with Crippen molar-refractivity contribution in [3.8, 4) is 0 Å². The number of anilines is 2. The van der Waals surface area contributed by atoms with Crippen LogP contribution in [0.5, 0.6) is 0 Å². The predicted octanol–water partition coefficient (Wildman–Crippen LogP) is 0.653. The summed E-state index contributed by atoms with van der Waals surface area (Å²) in [6, 6.07) is 0. The van der Waals surface area contributed by atoms with Crippen molar-refractivity contribution in [2.24, 2.45) is 5.84 Å². The van der Waals surface area contributed by atoms with Gasteiger partial charge in [0.2, 0.25) is 5.91 Å². The fourth-order valence-electron chi connectivity index (χ4n) is 1.76. The molecule has 5 N–H and O–H groups in total. The van der Waals surface area contributed by atoms with Gasteiger partial charge in [-0.3, -0.25) is 4.79 Å². The van der Waals surface area contributed by atoms with Crippen LogP contribution in [-0.2, 0) is 11.2 Å². The maximum Gasteiger partial charge on any atom is 0.221 e. The van der Waals surface area contributed by atoms with Crippen LogP contribution in [0.25, 0.3) is 0 Å². The topological polar surface area (TPSA) is 105 Å². The largest absolute Gasteiger partial charge is 0.369 e. The summed E-state index contributed by atoms with van der Waals surface area (Å²) in [5, 5.41) is 5.90. The van der Waals surface area contributed by atoms with Gasteiger partial charge in [0.05, 0.1) is 0 Å². The number of nitrogens with zero attached hydrogens (tertiary/aromatic N) is 2. The van der Waals surface area contributed by atoms with Crippen LogP contribution in [0.4, 0.5) is 11.6 Å². The maximum absolute atomic E-state index is 11.4. The Morgan fingerprint density at radius 2 is 2.05 bits per heavy atom. The lowest BCUT2D eigenvalue weighted by atomic mass is 10.1. The zero-order chi connectivity index (χ0) is 14.1. The SMILES string of the molecule is CCCc1c(NN)ncnc1NCCC(=O)NCC. The van der Waals surface area contributed by atoms with Gasteiger partial charge in [-0.15, -0.1) is 0 Å². The number of carbonyl (C=O) groups is 1. The lowest BCUT2D eigenvalue weighted by Gasteiger charge is -2.13. The van der Waals surface area contributed by atoms with Crippen molar-refractivity contribution >= 4 is 17.5 Å². The second-order valence-electron chi connectivity index (χ2n) is 4.07. The molecule has 0 saturated heterocycles. The number of hydrogen-bond donors (Lipinski definition) is 4. The number of aromatic nitrogens is 2. The quantitative estimate of drug-likeness (QED) is 0.407. The van der Waals surface area contributed by atoms with E-state index >= 15 is 0 Å². The van der Waals surface area contributed by atoms with Crippen molar-refractivity contribution in [2.45, 2.75) is 33.1 Å². The van der Waals surface area contributed by atoms with Crippen LogP contribution in [-0.4, -0.2) is 29.0 Å². The molecule has 1 heterocycles. The summed E-state index contributed by atoms with van der Waals surface area (Å²) in [5.41, 5.74) is 3.52. The third kappa shape index (κ3) is 4.70. The van der Waals surface area contributed by atoms with E-state index in [-0.39, 0.29) is 5.91 Å². The molecule has 19 heavy (non-hydrogen) atoms. The highest BCUT2D eigenvalue weighted by atomic mass is 16.1. The molecule has 0 atom stereocenters. The lowest BCUT2D eigenvalue weighted by Crippen LogP contribution is -2.25. The lowest BCUT2D eigenvalue weighted by molar-refractivity contribution is -0.120. The Hall–Kier alpha value is -1.89. The van der Waals surface area contributed by atoms with E-state index in [4.69, 9.17) is 5.84 Å². The standard InChI is InChI=1S/C12H22N6O/c1-3-5-9-11(16-8-17-12(9)18-13)15-7-6-10(19)14-4-2/h8H,3-7,13H2,1-2H3,(H,14,19)(H2,15,16,17,18). The normalized spacial score (nSPS) is 10.1. The van der Waals surface area contributed by atoms with Gasteiger partial charge in [-0.2, -0.15) is 0 Å².